The molecule has 1 fully saturated rings. The summed E-state index contributed by atoms with van der Waals surface area (Å²) < 4.78 is 11.1. The topological polar surface area (TPSA) is 64.3 Å². The quantitative estimate of drug-likeness (QED) is 0.674. The molecule has 3 heterocycles. The van der Waals surface area contributed by atoms with Crippen molar-refractivity contribution in [2.24, 2.45) is 0 Å². The summed E-state index contributed by atoms with van der Waals surface area (Å²) in [6, 6.07) is 16.0. The van der Waals surface area contributed by atoms with Crippen LogP contribution in [-0.4, -0.2) is 26.6 Å². The van der Waals surface area contributed by atoms with Crippen LogP contribution in [0, 0.1) is 0 Å². The second kappa shape index (κ2) is 8.10. The number of aromatic nitrogens is 3. The van der Waals surface area contributed by atoms with Crippen LogP contribution in [0.4, 0.5) is 0 Å². The lowest BCUT2D eigenvalue weighted by Crippen LogP contribution is -2.33. The van der Waals surface area contributed by atoms with Gasteiger partial charge < -0.3 is 9.26 Å². The van der Waals surface area contributed by atoms with E-state index in [-0.39, 0.29) is 0 Å². The lowest BCUT2D eigenvalue weighted by molar-refractivity contribution is 0.121. The zero-order chi connectivity index (χ0) is 17.6. The Morgan fingerprint density at radius 3 is 2.81 bits per heavy atom. The Balaban J connectivity index is 1.39. The van der Waals surface area contributed by atoms with E-state index in [1.807, 2.05) is 48.7 Å². The Hall–Kier alpha value is -2.73. The first-order valence-corrected chi connectivity index (χ1v) is 9.03. The van der Waals surface area contributed by atoms with E-state index in [1.165, 1.54) is 12.8 Å². The second-order valence-corrected chi connectivity index (χ2v) is 6.44. The number of nitrogens with zero attached hydrogens (tertiary/aromatic N) is 4. The van der Waals surface area contributed by atoms with Crippen molar-refractivity contribution in [2.75, 3.05) is 6.54 Å². The van der Waals surface area contributed by atoms with Crippen LogP contribution in [0.25, 0.3) is 0 Å². The minimum absolute atomic E-state index is 0.303. The number of ether oxygens (including phenoxy) is 1. The first kappa shape index (κ1) is 16.7. The van der Waals surface area contributed by atoms with E-state index in [0.29, 0.717) is 30.9 Å². The molecule has 2 aromatic heterocycles. The number of rotatable bonds is 6. The summed E-state index contributed by atoms with van der Waals surface area (Å²) in [5, 5.41) is 4.04. The van der Waals surface area contributed by atoms with Crippen molar-refractivity contribution in [3.05, 3.63) is 72.1 Å². The number of para-hydroxylation sites is 1. The molecule has 26 heavy (non-hydrogen) atoms. The fourth-order valence-corrected chi connectivity index (χ4v) is 3.34. The smallest absolute Gasteiger partial charge is 0.240 e. The highest BCUT2D eigenvalue weighted by Gasteiger charge is 2.26. The Bertz CT molecular complexity index is 807. The van der Waals surface area contributed by atoms with E-state index in [4.69, 9.17) is 9.26 Å². The van der Waals surface area contributed by atoms with Gasteiger partial charge in [0.2, 0.25) is 11.7 Å². The summed E-state index contributed by atoms with van der Waals surface area (Å²) in [7, 11) is 0. The highest BCUT2D eigenvalue weighted by molar-refractivity contribution is 5.21. The van der Waals surface area contributed by atoms with Crippen molar-refractivity contribution in [3.8, 4) is 5.75 Å². The first-order chi connectivity index (χ1) is 12.9. The van der Waals surface area contributed by atoms with Crippen LogP contribution in [0.1, 0.15) is 42.7 Å². The van der Waals surface area contributed by atoms with Gasteiger partial charge in [0.1, 0.15) is 5.75 Å². The molecule has 0 bridgehead atoms. The van der Waals surface area contributed by atoms with E-state index in [2.05, 4.69) is 26.1 Å². The minimum atomic E-state index is 0.303. The van der Waals surface area contributed by atoms with Gasteiger partial charge in [0, 0.05) is 6.20 Å². The summed E-state index contributed by atoms with van der Waals surface area (Å²) >= 11 is 0. The highest BCUT2D eigenvalue weighted by Crippen LogP contribution is 2.30. The summed E-state index contributed by atoms with van der Waals surface area (Å²) in [5.41, 5.74) is 1.11. The number of likely N-dealkylation sites (tertiary alicyclic amines) is 1. The maximum Gasteiger partial charge on any atom is 0.240 e. The van der Waals surface area contributed by atoms with Gasteiger partial charge in [-0.2, -0.15) is 4.98 Å². The van der Waals surface area contributed by atoms with Crippen LogP contribution in [0.3, 0.4) is 0 Å². The summed E-state index contributed by atoms with van der Waals surface area (Å²) in [4.78, 5) is 11.4. The molecular weight excluding hydrogens is 328 g/mol. The third kappa shape index (κ3) is 4.08. The lowest BCUT2D eigenvalue weighted by atomic mass is 9.99. The van der Waals surface area contributed by atoms with E-state index in [9.17, 15) is 0 Å². The van der Waals surface area contributed by atoms with Gasteiger partial charge >= 0.3 is 0 Å². The number of hydrogen-bond donors (Lipinski definition) is 0. The van der Waals surface area contributed by atoms with E-state index < -0.39 is 0 Å². The molecule has 1 atom stereocenters. The Morgan fingerprint density at radius 1 is 1.08 bits per heavy atom. The molecule has 1 aliphatic heterocycles. The maximum absolute atomic E-state index is 5.68. The van der Waals surface area contributed by atoms with Gasteiger partial charge in [0.15, 0.2) is 6.61 Å². The molecule has 1 aliphatic rings. The van der Waals surface area contributed by atoms with Crippen molar-refractivity contribution in [1.82, 2.24) is 20.0 Å². The van der Waals surface area contributed by atoms with Gasteiger partial charge in [-0.3, -0.25) is 9.88 Å². The molecule has 1 unspecified atom stereocenters. The molecule has 0 saturated carbocycles. The van der Waals surface area contributed by atoms with Crippen molar-refractivity contribution in [3.63, 3.8) is 0 Å². The molecule has 0 spiro atoms. The highest BCUT2D eigenvalue weighted by atomic mass is 16.5. The summed E-state index contributed by atoms with van der Waals surface area (Å²) in [6.07, 6.45) is 5.36. The van der Waals surface area contributed by atoms with E-state index in [1.54, 1.807) is 0 Å². The molecule has 1 saturated heterocycles. The number of benzene rings is 1. The van der Waals surface area contributed by atoms with Crippen LogP contribution in [0.2, 0.25) is 0 Å². The van der Waals surface area contributed by atoms with Crippen LogP contribution in [0.15, 0.2) is 59.3 Å². The molecule has 134 valence electrons. The van der Waals surface area contributed by atoms with E-state index >= 15 is 0 Å². The van der Waals surface area contributed by atoms with Crippen LogP contribution in [-0.2, 0) is 13.2 Å². The SMILES string of the molecule is c1ccc(OCc2noc(CN3CCCCC3c3ccccn3)n2)cc1. The van der Waals surface area contributed by atoms with E-state index in [0.717, 1.165) is 24.4 Å². The van der Waals surface area contributed by atoms with Gasteiger partial charge in [-0.1, -0.05) is 35.8 Å². The van der Waals surface area contributed by atoms with Crippen molar-refractivity contribution < 1.29 is 9.26 Å². The molecule has 0 aliphatic carbocycles. The number of piperidine rings is 1. The Labute approximate surface area is 152 Å². The fourth-order valence-electron chi connectivity index (χ4n) is 3.34. The predicted octanol–water partition coefficient (Wildman–Crippen LogP) is 3.77. The third-order valence-electron chi connectivity index (χ3n) is 4.60. The van der Waals surface area contributed by atoms with Crippen molar-refractivity contribution in [1.29, 1.82) is 0 Å². The average molecular weight is 350 g/mol. The van der Waals surface area contributed by atoms with Gasteiger partial charge in [-0.05, 0) is 43.7 Å². The summed E-state index contributed by atoms with van der Waals surface area (Å²) in [5.74, 6) is 1.99. The molecule has 6 heteroatoms. The molecule has 0 radical (unpaired) electrons. The zero-order valence-corrected chi connectivity index (χ0v) is 14.6. The second-order valence-electron chi connectivity index (χ2n) is 6.44. The average Bonchev–Trinajstić information content (AvgIpc) is 3.16. The molecule has 0 amide bonds. The summed E-state index contributed by atoms with van der Waals surface area (Å²) in [6.45, 7) is 1.95. The van der Waals surface area contributed by atoms with Crippen LogP contribution >= 0.6 is 0 Å². The standard InChI is InChI=1S/C20H22N4O2/c1-2-8-16(9-3-1)25-15-19-22-20(26-23-19)14-24-13-7-5-11-18(24)17-10-4-6-12-21-17/h1-4,6,8-10,12,18H,5,7,11,13-15H2. The third-order valence-corrected chi connectivity index (χ3v) is 4.60. The van der Waals surface area contributed by atoms with Crippen molar-refractivity contribution in [2.45, 2.75) is 38.5 Å². The molecule has 4 rings (SSSR count). The number of hydrogen-bond acceptors (Lipinski definition) is 6. The minimum Gasteiger partial charge on any atom is -0.485 e. The molecule has 1 aromatic carbocycles. The predicted molar refractivity (Wildman–Crippen MR) is 96.3 cm³/mol. The molecule has 3 aromatic rings. The Morgan fingerprint density at radius 2 is 1.96 bits per heavy atom. The first-order valence-electron chi connectivity index (χ1n) is 9.03. The van der Waals surface area contributed by atoms with Crippen molar-refractivity contribution >= 4 is 0 Å². The lowest BCUT2D eigenvalue weighted by Gasteiger charge is -2.34. The largest absolute Gasteiger partial charge is 0.485 e. The molecular formula is C20H22N4O2. The monoisotopic (exact) mass is 350 g/mol. The van der Waals surface area contributed by atoms with Crippen LogP contribution < -0.4 is 4.74 Å². The Kier molecular flexibility index (Phi) is 5.21. The van der Waals surface area contributed by atoms with Crippen LogP contribution in [0.5, 0.6) is 5.75 Å². The van der Waals surface area contributed by atoms with Gasteiger partial charge in [-0.25, -0.2) is 0 Å². The normalized spacial score (nSPS) is 17.9. The van der Waals surface area contributed by atoms with Gasteiger partial charge in [-0.15, -0.1) is 0 Å². The molecule has 6 nitrogen and oxygen atoms in total. The maximum atomic E-state index is 5.68. The van der Waals surface area contributed by atoms with Gasteiger partial charge in [0.25, 0.3) is 0 Å². The molecule has 0 N–H and O–H groups in total. The fraction of sp³-hybridized carbons (Fsp3) is 0.350. The number of pyridine rings is 1. The van der Waals surface area contributed by atoms with Gasteiger partial charge in [0.05, 0.1) is 18.3 Å². The zero-order valence-electron chi connectivity index (χ0n) is 14.6.